The lowest BCUT2D eigenvalue weighted by atomic mass is 10.1. The van der Waals surface area contributed by atoms with Crippen LogP contribution in [0.2, 0.25) is 0 Å². The van der Waals surface area contributed by atoms with Crippen LogP contribution < -0.4 is 0 Å². The zero-order valence-electron chi connectivity index (χ0n) is 10.3. The number of hydrogen-bond acceptors (Lipinski definition) is 5. The van der Waals surface area contributed by atoms with Crippen molar-refractivity contribution in [3.05, 3.63) is 50.6 Å². The van der Waals surface area contributed by atoms with Crippen LogP contribution in [0.25, 0.3) is 11.3 Å². The van der Waals surface area contributed by atoms with Crippen molar-refractivity contribution >= 4 is 22.7 Å². The summed E-state index contributed by atoms with van der Waals surface area (Å²) in [7, 11) is 0. The highest BCUT2D eigenvalue weighted by Gasteiger charge is 2.08. The first-order valence-electron chi connectivity index (χ1n) is 5.85. The number of nitrogens with zero attached hydrogens (tertiary/aromatic N) is 2. The molecule has 0 aliphatic carbocycles. The summed E-state index contributed by atoms with van der Waals surface area (Å²) >= 11 is 3.08. The van der Waals surface area contributed by atoms with Gasteiger partial charge in [-0.1, -0.05) is 29.8 Å². The van der Waals surface area contributed by atoms with Crippen molar-refractivity contribution in [3.8, 4) is 17.1 Å². The molecular weight excluding hydrogens is 276 g/mol. The Balaban J connectivity index is 1.81. The normalized spacial score (nSPS) is 10.8. The second kappa shape index (κ2) is 5.11. The minimum atomic E-state index is 0.0929. The highest BCUT2D eigenvalue weighted by Crippen LogP contribution is 2.25. The summed E-state index contributed by atoms with van der Waals surface area (Å²) in [4.78, 5) is 8.66. The first-order valence-corrected chi connectivity index (χ1v) is 7.61. The first kappa shape index (κ1) is 12.3. The Bertz CT molecular complexity index is 686. The maximum atomic E-state index is 9.22. The molecule has 96 valence electrons. The summed E-state index contributed by atoms with van der Waals surface area (Å²) in [6, 6.07) is 8.35. The monoisotopic (exact) mass is 288 g/mol. The van der Waals surface area contributed by atoms with Gasteiger partial charge >= 0.3 is 0 Å². The maximum absolute atomic E-state index is 9.22. The number of benzene rings is 1. The number of aromatic hydroxyl groups is 1. The number of rotatable bonds is 3. The standard InChI is InChI=1S/C14H12N2OS2/c1-9-2-4-10(5-3-9)11-7-18-13(15-11)6-14-16-12(17)8-19-14/h2-5,7-8,17H,6H2,1H3. The highest BCUT2D eigenvalue weighted by atomic mass is 32.1. The molecule has 2 aromatic heterocycles. The van der Waals surface area contributed by atoms with Crippen LogP contribution in [0.1, 0.15) is 15.6 Å². The van der Waals surface area contributed by atoms with Gasteiger partial charge in [0, 0.05) is 10.9 Å². The predicted molar refractivity (Wildman–Crippen MR) is 78.9 cm³/mol. The molecule has 1 N–H and O–H groups in total. The van der Waals surface area contributed by atoms with Gasteiger partial charge in [0.15, 0.2) is 0 Å². The lowest BCUT2D eigenvalue weighted by Gasteiger charge is -1.97. The average molecular weight is 288 g/mol. The molecule has 0 spiro atoms. The van der Waals surface area contributed by atoms with Gasteiger partial charge in [-0.25, -0.2) is 9.97 Å². The molecular formula is C14H12N2OS2. The summed E-state index contributed by atoms with van der Waals surface area (Å²) in [6.07, 6.45) is 0.682. The van der Waals surface area contributed by atoms with Crippen LogP contribution in [0.3, 0.4) is 0 Å². The summed E-state index contributed by atoms with van der Waals surface area (Å²) in [6.45, 7) is 2.07. The van der Waals surface area contributed by atoms with Crippen molar-refractivity contribution in [1.29, 1.82) is 0 Å². The second-order valence-corrected chi connectivity index (χ2v) is 6.15. The van der Waals surface area contributed by atoms with E-state index in [1.165, 1.54) is 16.9 Å². The van der Waals surface area contributed by atoms with Crippen LogP contribution in [0.15, 0.2) is 35.0 Å². The van der Waals surface area contributed by atoms with Crippen LogP contribution in [-0.4, -0.2) is 15.1 Å². The Hall–Kier alpha value is -1.72. The van der Waals surface area contributed by atoms with Crippen LogP contribution in [-0.2, 0) is 6.42 Å². The van der Waals surface area contributed by atoms with Gasteiger partial charge < -0.3 is 5.11 Å². The average Bonchev–Trinajstić information content (AvgIpc) is 3.00. The molecule has 0 amide bonds. The summed E-state index contributed by atoms with van der Waals surface area (Å²) in [5, 5.41) is 14.8. The van der Waals surface area contributed by atoms with Crippen molar-refractivity contribution in [1.82, 2.24) is 9.97 Å². The van der Waals surface area contributed by atoms with Crippen molar-refractivity contribution in [2.45, 2.75) is 13.3 Å². The lowest BCUT2D eigenvalue weighted by Crippen LogP contribution is -1.86. The summed E-state index contributed by atoms with van der Waals surface area (Å²) in [5.41, 5.74) is 3.38. The van der Waals surface area contributed by atoms with E-state index < -0.39 is 0 Å². The van der Waals surface area contributed by atoms with E-state index in [9.17, 15) is 5.11 Å². The molecule has 0 atom stereocenters. The minimum Gasteiger partial charge on any atom is -0.493 e. The summed E-state index contributed by atoms with van der Waals surface area (Å²) < 4.78 is 0. The molecule has 0 saturated heterocycles. The third-order valence-electron chi connectivity index (χ3n) is 2.74. The fourth-order valence-corrected chi connectivity index (χ4v) is 3.32. The number of hydrogen-bond donors (Lipinski definition) is 1. The van der Waals surface area contributed by atoms with Gasteiger partial charge in [-0.3, -0.25) is 0 Å². The molecule has 3 aromatic rings. The fraction of sp³-hybridized carbons (Fsp3) is 0.143. The van der Waals surface area contributed by atoms with Crippen molar-refractivity contribution < 1.29 is 5.11 Å². The van der Waals surface area contributed by atoms with E-state index in [0.717, 1.165) is 21.3 Å². The predicted octanol–water partition coefficient (Wildman–Crippen LogP) is 3.87. The Labute approximate surface area is 119 Å². The Morgan fingerprint density at radius 2 is 1.68 bits per heavy atom. The number of aryl methyl sites for hydroxylation is 1. The van der Waals surface area contributed by atoms with Crippen LogP contribution >= 0.6 is 22.7 Å². The van der Waals surface area contributed by atoms with Gasteiger partial charge in [-0.15, -0.1) is 22.7 Å². The molecule has 0 unspecified atom stereocenters. The van der Waals surface area contributed by atoms with Gasteiger partial charge in [-0.05, 0) is 6.92 Å². The summed E-state index contributed by atoms with van der Waals surface area (Å²) in [5.74, 6) is 0.0929. The molecule has 3 nitrogen and oxygen atoms in total. The van der Waals surface area contributed by atoms with Crippen molar-refractivity contribution in [2.24, 2.45) is 0 Å². The maximum Gasteiger partial charge on any atom is 0.222 e. The van der Waals surface area contributed by atoms with Gasteiger partial charge in [0.25, 0.3) is 0 Å². The number of aromatic nitrogens is 2. The molecule has 2 heterocycles. The molecule has 0 radical (unpaired) electrons. The van der Waals surface area contributed by atoms with E-state index in [1.54, 1.807) is 16.7 Å². The fourth-order valence-electron chi connectivity index (χ4n) is 1.76. The van der Waals surface area contributed by atoms with Gasteiger partial charge in [-0.2, -0.15) is 0 Å². The molecule has 0 aliphatic heterocycles. The van der Waals surface area contributed by atoms with Gasteiger partial charge in [0.05, 0.1) is 17.5 Å². The molecule has 5 heteroatoms. The zero-order valence-corrected chi connectivity index (χ0v) is 12.0. The lowest BCUT2D eigenvalue weighted by molar-refractivity contribution is 0.456. The van der Waals surface area contributed by atoms with E-state index in [2.05, 4.69) is 46.5 Å². The largest absolute Gasteiger partial charge is 0.493 e. The molecule has 0 fully saturated rings. The molecule has 3 rings (SSSR count). The van der Waals surface area contributed by atoms with Gasteiger partial charge in [0.2, 0.25) is 5.88 Å². The smallest absolute Gasteiger partial charge is 0.222 e. The Kier molecular flexibility index (Phi) is 3.31. The number of thiazole rings is 2. The minimum absolute atomic E-state index is 0.0929. The quantitative estimate of drug-likeness (QED) is 0.795. The van der Waals surface area contributed by atoms with Crippen molar-refractivity contribution in [2.75, 3.05) is 0 Å². The van der Waals surface area contributed by atoms with Crippen LogP contribution in [0.5, 0.6) is 5.88 Å². The Morgan fingerprint density at radius 3 is 2.37 bits per heavy atom. The SMILES string of the molecule is Cc1ccc(-c2csc(Cc3nc(O)cs3)n2)cc1. The second-order valence-electron chi connectivity index (χ2n) is 4.27. The Morgan fingerprint density at radius 1 is 1.00 bits per heavy atom. The van der Waals surface area contributed by atoms with Crippen LogP contribution in [0.4, 0.5) is 0 Å². The van der Waals surface area contributed by atoms with Crippen LogP contribution in [0, 0.1) is 6.92 Å². The zero-order chi connectivity index (χ0) is 13.2. The third-order valence-corrected chi connectivity index (χ3v) is 4.43. The van der Waals surface area contributed by atoms with E-state index in [-0.39, 0.29) is 5.88 Å². The highest BCUT2D eigenvalue weighted by molar-refractivity contribution is 7.11. The molecule has 0 aliphatic rings. The van der Waals surface area contributed by atoms with E-state index in [0.29, 0.717) is 6.42 Å². The first-order chi connectivity index (χ1) is 9.20. The molecule has 19 heavy (non-hydrogen) atoms. The van der Waals surface area contributed by atoms with Crippen molar-refractivity contribution in [3.63, 3.8) is 0 Å². The van der Waals surface area contributed by atoms with E-state index in [4.69, 9.17) is 0 Å². The molecule has 0 bridgehead atoms. The topological polar surface area (TPSA) is 46.0 Å². The molecule has 0 saturated carbocycles. The van der Waals surface area contributed by atoms with E-state index >= 15 is 0 Å². The van der Waals surface area contributed by atoms with E-state index in [1.807, 2.05) is 0 Å². The molecule has 1 aromatic carbocycles. The third kappa shape index (κ3) is 2.83. The van der Waals surface area contributed by atoms with Gasteiger partial charge in [0.1, 0.15) is 10.0 Å².